The summed E-state index contributed by atoms with van der Waals surface area (Å²) in [6, 6.07) is 7.60. The topological polar surface area (TPSA) is 64.4 Å². The molecule has 2 heterocycles. The van der Waals surface area contributed by atoms with Crippen LogP contribution in [0.4, 0.5) is 0 Å². The second kappa shape index (κ2) is 5.41. The van der Waals surface area contributed by atoms with E-state index < -0.39 is 11.9 Å². The van der Waals surface area contributed by atoms with Crippen molar-refractivity contribution in [3.8, 4) is 17.1 Å². The summed E-state index contributed by atoms with van der Waals surface area (Å²) in [4.78, 5) is 15.6. The van der Waals surface area contributed by atoms with Gasteiger partial charge in [-0.05, 0) is 18.6 Å². The predicted molar refractivity (Wildman–Crippen MR) is 78.7 cm³/mol. The van der Waals surface area contributed by atoms with Gasteiger partial charge in [0, 0.05) is 13.0 Å². The van der Waals surface area contributed by atoms with E-state index in [1.54, 1.807) is 7.11 Å². The Kier molecular flexibility index (Phi) is 3.59. The van der Waals surface area contributed by atoms with E-state index in [4.69, 9.17) is 21.4 Å². The fourth-order valence-corrected chi connectivity index (χ4v) is 3.02. The number of carbonyl (C=O) groups is 1. The molecule has 3 rings (SSSR count). The number of methoxy groups -OCH3 is 1. The number of ether oxygens (including phenoxy) is 1. The zero-order chi connectivity index (χ0) is 15.0. The van der Waals surface area contributed by atoms with E-state index in [1.807, 2.05) is 28.8 Å². The molecule has 1 aliphatic rings. The van der Waals surface area contributed by atoms with Gasteiger partial charge in [-0.25, -0.2) is 4.98 Å². The first-order valence-corrected chi connectivity index (χ1v) is 7.10. The molecule has 0 aliphatic carbocycles. The highest BCUT2D eigenvalue weighted by atomic mass is 35.5. The summed E-state index contributed by atoms with van der Waals surface area (Å²) >= 11 is 6.21. The average Bonchev–Trinajstić information content (AvgIpc) is 2.83. The Labute approximate surface area is 127 Å². The van der Waals surface area contributed by atoms with Gasteiger partial charge in [0.05, 0.1) is 24.3 Å². The third-order valence-corrected chi connectivity index (χ3v) is 4.16. The highest BCUT2D eigenvalue weighted by Crippen LogP contribution is 2.35. The van der Waals surface area contributed by atoms with Crippen molar-refractivity contribution in [1.29, 1.82) is 0 Å². The van der Waals surface area contributed by atoms with Crippen LogP contribution in [0.25, 0.3) is 11.4 Å². The smallest absolute Gasteiger partial charge is 0.306 e. The molecular formula is C15H15ClN2O3. The van der Waals surface area contributed by atoms with Gasteiger partial charge in [-0.1, -0.05) is 23.7 Å². The fraction of sp³-hybridized carbons (Fsp3) is 0.333. The molecule has 1 aliphatic heterocycles. The Balaban J connectivity index is 2.07. The fourth-order valence-electron chi connectivity index (χ4n) is 2.76. The van der Waals surface area contributed by atoms with Crippen LogP contribution >= 0.6 is 11.6 Å². The predicted octanol–water partition coefficient (Wildman–Crippen LogP) is 2.86. The lowest BCUT2D eigenvalue weighted by molar-refractivity contribution is -0.142. The summed E-state index contributed by atoms with van der Waals surface area (Å²) in [6.07, 6.45) is 0.994. The minimum atomic E-state index is -0.780. The third kappa shape index (κ3) is 2.38. The van der Waals surface area contributed by atoms with Crippen LogP contribution in [0.3, 0.4) is 0 Å². The van der Waals surface area contributed by atoms with Gasteiger partial charge >= 0.3 is 5.97 Å². The highest BCUT2D eigenvalue weighted by molar-refractivity contribution is 6.30. The zero-order valence-electron chi connectivity index (χ0n) is 11.5. The van der Waals surface area contributed by atoms with Crippen molar-refractivity contribution in [2.24, 2.45) is 5.92 Å². The van der Waals surface area contributed by atoms with E-state index >= 15 is 0 Å². The molecule has 21 heavy (non-hydrogen) atoms. The molecule has 1 N–H and O–H groups in total. The molecule has 0 amide bonds. The molecule has 0 bridgehead atoms. The lowest BCUT2D eigenvalue weighted by Gasteiger charge is -2.22. The Morgan fingerprint density at radius 1 is 1.48 bits per heavy atom. The first kappa shape index (κ1) is 13.9. The molecule has 2 aromatic rings. The summed E-state index contributed by atoms with van der Waals surface area (Å²) < 4.78 is 7.37. The molecular weight excluding hydrogens is 292 g/mol. The molecule has 5 nitrogen and oxygen atoms in total. The molecule has 0 spiro atoms. The lowest BCUT2D eigenvalue weighted by atomic mass is 9.96. The molecule has 6 heteroatoms. The number of aliphatic carboxylic acids is 1. The SMILES string of the molecule is COc1ccccc1-c1nc(Cl)c2n1CCC(C(=O)O)C2. The average molecular weight is 307 g/mol. The van der Waals surface area contributed by atoms with Crippen LogP contribution in [-0.2, 0) is 17.8 Å². The van der Waals surface area contributed by atoms with Gasteiger partial charge in [0.15, 0.2) is 5.15 Å². The van der Waals surface area contributed by atoms with Crippen molar-refractivity contribution in [3.05, 3.63) is 35.1 Å². The van der Waals surface area contributed by atoms with Crippen molar-refractivity contribution in [2.45, 2.75) is 19.4 Å². The van der Waals surface area contributed by atoms with Crippen molar-refractivity contribution in [3.63, 3.8) is 0 Å². The van der Waals surface area contributed by atoms with E-state index in [2.05, 4.69) is 4.98 Å². The standard InChI is InChI=1S/C15H15ClN2O3/c1-21-12-5-3-2-4-10(12)14-17-13(16)11-8-9(15(19)20)6-7-18(11)14/h2-5,9H,6-8H2,1H3,(H,19,20). The Morgan fingerprint density at radius 2 is 2.24 bits per heavy atom. The third-order valence-electron chi connectivity index (χ3n) is 3.86. The monoisotopic (exact) mass is 306 g/mol. The van der Waals surface area contributed by atoms with E-state index in [9.17, 15) is 4.79 Å². The second-order valence-corrected chi connectivity index (χ2v) is 5.41. The van der Waals surface area contributed by atoms with E-state index in [1.165, 1.54) is 0 Å². The summed E-state index contributed by atoms with van der Waals surface area (Å²) in [5.74, 6) is 0.285. The van der Waals surface area contributed by atoms with Crippen LogP contribution in [0.15, 0.2) is 24.3 Å². The molecule has 0 saturated heterocycles. The van der Waals surface area contributed by atoms with Crippen LogP contribution in [0.1, 0.15) is 12.1 Å². The number of imidazole rings is 1. The lowest BCUT2D eigenvalue weighted by Crippen LogP contribution is -2.25. The maximum atomic E-state index is 11.2. The van der Waals surface area contributed by atoms with E-state index in [0.29, 0.717) is 24.5 Å². The molecule has 1 aromatic carbocycles. The van der Waals surface area contributed by atoms with Crippen molar-refractivity contribution < 1.29 is 14.6 Å². The molecule has 110 valence electrons. The van der Waals surface area contributed by atoms with Gasteiger partial charge in [0.2, 0.25) is 0 Å². The van der Waals surface area contributed by atoms with Crippen LogP contribution in [0.5, 0.6) is 5.75 Å². The van der Waals surface area contributed by atoms with Gasteiger partial charge in [-0.15, -0.1) is 0 Å². The number of nitrogens with zero attached hydrogens (tertiary/aromatic N) is 2. The Bertz CT molecular complexity index is 696. The quantitative estimate of drug-likeness (QED) is 0.947. The maximum Gasteiger partial charge on any atom is 0.306 e. The van der Waals surface area contributed by atoms with E-state index in [0.717, 1.165) is 22.8 Å². The maximum absolute atomic E-state index is 11.2. The number of halogens is 1. The van der Waals surface area contributed by atoms with Crippen LogP contribution in [0.2, 0.25) is 5.15 Å². The van der Waals surface area contributed by atoms with Crippen molar-refractivity contribution in [1.82, 2.24) is 9.55 Å². The molecule has 1 atom stereocenters. The number of hydrogen-bond donors (Lipinski definition) is 1. The normalized spacial score (nSPS) is 17.3. The number of carboxylic acid groups (broad SMARTS) is 1. The second-order valence-electron chi connectivity index (χ2n) is 5.05. The van der Waals surface area contributed by atoms with E-state index in [-0.39, 0.29) is 0 Å². The number of aromatic nitrogens is 2. The number of benzene rings is 1. The number of rotatable bonds is 3. The first-order valence-electron chi connectivity index (χ1n) is 6.73. The van der Waals surface area contributed by atoms with Gasteiger partial charge in [0.25, 0.3) is 0 Å². The van der Waals surface area contributed by atoms with Gasteiger partial charge in [-0.3, -0.25) is 4.79 Å². The molecule has 1 aromatic heterocycles. The van der Waals surface area contributed by atoms with Crippen molar-refractivity contribution in [2.75, 3.05) is 7.11 Å². The van der Waals surface area contributed by atoms with Crippen molar-refractivity contribution >= 4 is 17.6 Å². The summed E-state index contributed by atoms with van der Waals surface area (Å²) in [5, 5.41) is 9.54. The molecule has 0 saturated carbocycles. The number of fused-ring (bicyclic) bond motifs is 1. The minimum Gasteiger partial charge on any atom is -0.496 e. The van der Waals surface area contributed by atoms with Gasteiger partial charge < -0.3 is 14.4 Å². The largest absolute Gasteiger partial charge is 0.496 e. The highest BCUT2D eigenvalue weighted by Gasteiger charge is 2.29. The Hall–Kier alpha value is -2.01. The number of hydrogen-bond acceptors (Lipinski definition) is 3. The molecule has 0 fully saturated rings. The molecule has 1 unspecified atom stereocenters. The first-order chi connectivity index (χ1) is 10.1. The number of carboxylic acids is 1. The Morgan fingerprint density at radius 3 is 2.95 bits per heavy atom. The summed E-state index contributed by atoms with van der Waals surface area (Å²) in [5.41, 5.74) is 1.65. The summed E-state index contributed by atoms with van der Waals surface area (Å²) in [6.45, 7) is 0.597. The van der Waals surface area contributed by atoms with Gasteiger partial charge in [0.1, 0.15) is 11.6 Å². The molecule has 0 radical (unpaired) electrons. The van der Waals surface area contributed by atoms with Gasteiger partial charge in [-0.2, -0.15) is 0 Å². The minimum absolute atomic E-state index is 0.377. The summed E-state index contributed by atoms with van der Waals surface area (Å²) in [7, 11) is 1.61. The van der Waals surface area contributed by atoms with Crippen LogP contribution in [0, 0.1) is 5.92 Å². The number of para-hydroxylation sites is 1. The zero-order valence-corrected chi connectivity index (χ0v) is 12.3. The van der Waals surface area contributed by atoms with Crippen LogP contribution in [-0.4, -0.2) is 27.7 Å². The van der Waals surface area contributed by atoms with Crippen LogP contribution < -0.4 is 4.74 Å².